The third-order valence-electron chi connectivity index (χ3n) is 6.82. The van der Waals surface area contributed by atoms with E-state index in [1.54, 1.807) is 0 Å². The molecular weight excluding hydrogens is 476 g/mol. The first-order valence-corrected chi connectivity index (χ1v) is 11.5. The molecule has 35 heavy (non-hydrogen) atoms. The van der Waals surface area contributed by atoms with Crippen molar-refractivity contribution in [1.82, 2.24) is 9.80 Å². The van der Waals surface area contributed by atoms with E-state index in [4.69, 9.17) is 0 Å². The van der Waals surface area contributed by atoms with Crippen molar-refractivity contribution in [2.75, 3.05) is 13.1 Å². The molecule has 194 valence electrons. The van der Waals surface area contributed by atoms with Gasteiger partial charge < -0.3 is 10.0 Å². The Labute approximate surface area is 200 Å². The zero-order valence-electron chi connectivity index (χ0n) is 19.6. The molecule has 1 saturated heterocycles. The molecule has 1 aliphatic heterocycles. The lowest BCUT2D eigenvalue weighted by atomic mass is 9.94. The van der Waals surface area contributed by atoms with Gasteiger partial charge in [-0.05, 0) is 63.1 Å². The third kappa shape index (κ3) is 6.47. The van der Waals surface area contributed by atoms with Crippen LogP contribution in [0.5, 0.6) is 0 Å². The van der Waals surface area contributed by atoms with Gasteiger partial charge in [-0.1, -0.05) is 12.1 Å². The van der Waals surface area contributed by atoms with Crippen LogP contribution in [-0.4, -0.2) is 63.9 Å². The fourth-order valence-corrected chi connectivity index (χ4v) is 4.42. The van der Waals surface area contributed by atoms with Crippen LogP contribution in [-0.2, 0) is 5.60 Å². The van der Waals surface area contributed by atoms with Gasteiger partial charge in [-0.15, -0.1) is 0 Å². The van der Waals surface area contributed by atoms with E-state index in [2.05, 4.69) is 11.0 Å². The van der Waals surface area contributed by atoms with E-state index in [9.17, 15) is 41.5 Å². The first-order valence-electron chi connectivity index (χ1n) is 11.5. The molecule has 4 rings (SSSR count). The third-order valence-corrected chi connectivity index (χ3v) is 6.82. The van der Waals surface area contributed by atoms with Gasteiger partial charge in [0.25, 0.3) is 5.91 Å². The highest BCUT2D eigenvalue weighted by atomic mass is 19.4. The quantitative estimate of drug-likeness (QED) is 0.562. The summed E-state index contributed by atoms with van der Waals surface area (Å²) in [5.41, 5.74) is -3.22. The molecule has 11 heteroatoms. The van der Waals surface area contributed by atoms with Gasteiger partial charge in [-0.3, -0.25) is 9.69 Å². The first-order chi connectivity index (χ1) is 16.1. The smallest absolute Gasteiger partial charge is 0.376 e. The van der Waals surface area contributed by atoms with Gasteiger partial charge in [0, 0.05) is 37.7 Å². The first kappa shape index (κ1) is 27.3. The molecule has 1 aromatic carbocycles. The molecular formula is C24H29F6N3O2. The Morgan fingerprint density at radius 3 is 1.83 bits per heavy atom. The maximum absolute atomic E-state index is 13.2. The van der Waals surface area contributed by atoms with E-state index in [0.29, 0.717) is 12.5 Å². The summed E-state index contributed by atoms with van der Waals surface area (Å²) < 4.78 is 70.2. The Morgan fingerprint density at radius 2 is 1.46 bits per heavy atom. The van der Waals surface area contributed by atoms with Crippen LogP contribution in [0.15, 0.2) is 24.3 Å². The van der Waals surface area contributed by atoms with Gasteiger partial charge in [0.15, 0.2) is 5.60 Å². The van der Waals surface area contributed by atoms with E-state index in [0.717, 1.165) is 51.6 Å². The van der Waals surface area contributed by atoms with Crippen molar-refractivity contribution < 1.29 is 36.2 Å². The number of piperidine rings is 1. The predicted octanol–water partition coefficient (Wildman–Crippen LogP) is 5.15. The van der Waals surface area contributed by atoms with Gasteiger partial charge in [0.2, 0.25) is 0 Å². The highest BCUT2D eigenvalue weighted by Crippen LogP contribution is 2.43. The standard InChI is InChI=1S/C22H26F3N3O2.C2H3F3/c1-20(30,22(23,24)25)16-4-2-15(3-5-16)19(29)28(17-6-7-17)18-8-12-27(13-9-18)21(14-26)10-11-21;1-2(3,4)5/h2-5,17-18,30H,6-13H2,1H3;1H3. The summed E-state index contributed by atoms with van der Waals surface area (Å²) >= 11 is 0. The molecule has 2 saturated carbocycles. The van der Waals surface area contributed by atoms with Crippen molar-refractivity contribution in [3.63, 3.8) is 0 Å². The number of halogens is 6. The molecule has 1 amide bonds. The van der Waals surface area contributed by atoms with Crippen LogP contribution in [0.2, 0.25) is 0 Å². The minimum absolute atomic E-state index is 0.0775. The fraction of sp³-hybridized carbons (Fsp3) is 0.667. The number of carbonyl (C=O) groups excluding carboxylic acids is 1. The van der Waals surface area contributed by atoms with Crippen molar-refractivity contribution in [2.45, 2.75) is 87.9 Å². The summed E-state index contributed by atoms with van der Waals surface area (Å²) in [5, 5.41) is 19.2. The molecule has 2 aliphatic carbocycles. The lowest BCUT2D eigenvalue weighted by Crippen LogP contribution is -2.51. The van der Waals surface area contributed by atoms with Crippen LogP contribution in [0.25, 0.3) is 0 Å². The number of hydrogen-bond acceptors (Lipinski definition) is 4. The molecule has 3 fully saturated rings. The normalized spacial score (nSPS) is 22.3. The molecule has 1 aromatic rings. The monoisotopic (exact) mass is 505 g/mol. The topological polar surface area (TPSA) is 67.6 Å². The molecule has 1 heterocycles. The van der Waals surface area contributed by atoms with E-state index >= 15 is 0 Å². The highest BCUT2D eigenvalue weighted by molar-refractivity contribution is 5.95. The predicted molar refractivity (Wildman–Crippen MR) is 115 cm³/mol. The van der Waals surface area contributed by atoms with Gasteiger partial charge in [-0.25, -0.2) is 0 Å². The second-order valence-electron chi connectivity index (χ2n) is 9.73. The zero-order valence-corrected chi connectivity index (χ0v) is 19.6. The van der Waals surface area contributed by atoms with Crippen molar-refractivity contribution in [2.24, 2.45) is 0 Å². The Kier molecular flexibility index (Phi) is 7.49. The van der Waals surface area contributed by atoms with E-state index in [1.807, 2.05) is 4.90 Å². The Bertz CT molecular complexity index is 930. The molecule has 3 aliphatic rings. The van der Waals surface area contributed by atoms with Gasteiger partial charge in [0.1, 0.15) is 5.54 Å². The molecule has 5 nitrogen and oxygen atoms in total. The number of nitriles is 1. The largest absolute Gasteiger partial charge is 0.421 e. The van der Waals surface area contributed by atoms with Crippen LogP contribution in [0.3, 0.4) is 0 Å². The molecule has 0 spiro atoms. The van der Waals surface area contributed by atoms with Crippen LogP contribution in [0.4, 0.5) is 26.3 Å². The highest BCUT2D eigenvalue weighted by Gasteiger charge is 2.52. The van der Waals surface area contributed by atoms with Crippen molar-refractivity contribution in [3.05, 3.63) is 35.4 Å². The second-order valence-corrected chi connectivity index (χ2v) is 9.73. The second kappa shape index (κ2) is 9.62. The summed E-state index contributed by atoms with van der Waals surface area (Å²) in [7, 11) is 0. The maximum atomic E-state index is 13.2. The summed E-state index contributed by atoms with van der Waals surface area (Å²) in [6, 6.07) is 7.78. The molecule has 0 aromatic heterocycles. The SMILES string of the molecule is CC(F)(F)F.CC(O)(c1ccc(C(=O)N(C2CC2)C2CCN(C3(C#N)CC3)CC2)cc1)C(F)(F)F. The molecule has 1 atom stereocenters. The Balaban J connectivity index is 0.000000623. The number of alkyl halides is 6. The Hall–Kier alpha value is -2.32. The van der Waals surface area contributed by atoms with Crippen LogP contribution in [0, 0.1) is 11.3 Å². The Morgan fingerprint density at radius 1 is 1.00 bits per heavy atom. The number of nitrogens with zero attached hydrogens (tertiary/aromatic N) is 3. The van der Waals surface area contributed by atoms with E-state index in [-0.39, 0.29) is 36.0 Å². The van der Waals surface area contributed by atoms with Crippen molar-refractivity contribution in [1.29, 1.82) is 5.26 Å². The van der Waals surface area contributed by atoms with Crippen molar-refractivity contribution in [3.8, 4) is 6.07 Å². The number of likely N-dealkylation sites (tertiary alicyclic amines) is 1. The summed E-state index contributed by atoms with van der Waals surface area (Å²) in [6.45, 7) is 2.46. The van der Waals surface area contributed by atoms with Gasteiger partial charge in [0.05, 0.1) is 6.07 Å². The molecule has 1 N–H and O–H groups in total. The lowest BCUT2D eigenvalue weighted by Gasteiger charge is -2.40. The number of hydrogen-bond donors (Lipinski definition) is 1. The average molecular weight is 506 g/mol. The maximum Gasteiger partial charge on any atom is 0.421 e. The number of amides is 1. The molecule has 0 radical (unpaired) electrons. The lowest BCUT2D eigenvalue weighted by molar-refractivity contribution is -0.258. The summed E-state index contributed by atoms with van der Waals surface area (Å²) in [4.78, 5) is 17.3. The fourth-order valence-electron chi connectivity index (χ4n) is 4.42. The summed E-state index contributed by atoms with van der Waals surface area (Å²) in [6.07, 6.45) is -3.50. The minimum atomic E-state index is -4.80. The molecule has 0 bridgehead atoms. The van der Waals surface area contributed by atoms with Gasteiger partial charge in [-0.2, -0.15) is 31.6 Å². The number of rotatable bonds is 5. The minimum Gasteiger partial charge on any atom is -0.376 e. The average Bonchev–Trinajstić information content (AvgIpc) is 3.67. The summed E-state index contributed by atoms with van der Waals surface area (Å²) in [5.74, 6) is -0.171. The van der Waals surface area contributed by atoms with E-state index in [1.165, 1.54) is 24.3 Å². The number of benzene rings is 1. The van der Waals surface area contributed by atoms with Gasteiger partial charge >= 0.3 is 12.4 Å². The van der Waals surface area contributed by atoms with Crippen LogP contribution >= 0.6 is 0 Å². The van der Waals surface area contributed by atoms with Crippen LogP contribution in [0.1, 0.15) is 68.3 Å². The number of carbonyl (C=O) groups is 1. The van der Waals surface area contributed by atoms with Crippen LogP contribution < -0.4 is 0 Å². The zero-order chi connectivity index (χ0) is 26.2. The van der Waals surface area contributed by atoms with Crippen molar-refractivity contribution >= 4 is 5.91 Å². The van der Waals surface area contributed by atoms with E-state index < -0.39 is 18.0 Å². The molecule has 1 unspecified atom stereocenters. The number of aliphatic hydroxyl groups is 1.